The SMILES string of the molecule is Cc1ccc(NC(=O)c2ccccc2NC(=O)c2ccc(F)cc2)c(-c2ccc(C)s2)c1. The summed E-state index contributed by atoms with van der Waals surface area (Å²) in [6.45, 7) is 4.05. The summed E-state index contributed by atoms with van der Waals surface area (Å²) in [6, 6.07) is 22.0. The second kappa shape index (κ2) is 9.16. The van der Waals surface area contributed by atoms with Crippen LogP contribution in [0, 0.1) is 19.7 Å². The quantitative estimate of drug-likeness (QED) is 0.361. The van der Waals surface area contributed by atoms with Crippen molar-refractivity contribution in [1.82, 2.24) is 0 Å². The van der Waals surface area contributed by atoms with Crippen molar-refractivity contribution in [2.24, 2.45) is 0 Å². The summed E-state index contributed by atoms with van der Waals surface area (Å²) < 4.78 is 13.2. The van der Waals surface area contributed by atoms with Gasteiger partial charge < -0.3 is 10.6 Å². The zero-order valence-corrected chi connectivity index (χ0v) is 18.4. The molecule has 0 fully saturated rings. The Bertz CT molecular complexity index is 1300. The molecular weight excluding hydrogens is 423 g/mol. The van der Waals surface area contributed by atoms with Crippen LogP contribution in [0.15, 0.2) is 78.9 Å². The summed E-state index contributed by atoms with van der Waals surface area (Å²) in [6.07, 6.45) is 0. The Morgan fingerprint density at radius 3 is 2.22 bits per heavy atom. The third-order valence-corrected chi connectivity index (χ3v) is 5.99. The van der Waals surface area contributed by atoms with Gasteiger partial charge in [0.15, 0.2) is 0 Å². The molecule has 0 aliphatic rings. The average Bonchev–Trinajstić information content (AvgIpc) is 3.22. The number of rotatable bonds is 5. The highest BCUT2D eigenvalue weighted by Gasteiger charge is 2.17. The first-order valence-corrected chi connectivity index (χ1v) is 10.9. The van der Waals surface area contributed by atoms with Crippen LogP contribution in [0.3, 0.4) is 0 Å². The molecule has 0 radical (unpaired) electrons. The second-order valence-corrected chi connectivity index (χ2v) is 8.71. The number of benzene rings is 3. The summed E-state index contributed by atoms with van der Waals surface area (Å²) in [5.74, 6) is -1.18. The molecule has 0 aliphatic carbocycles. The topological polar surface area (TPSA) is 58.2 Å². The largest absolute Gasteiger partial charge is 0.321 e. The molecule has 2 N–H and O–H groups in total. The molecule has 0 unspecified atom stereocenters. The maximum atomic E-state index is 13.2. The Balaban J connectivity index is 1.60. The lowest BCUT2D eigenvalue weighted by Crippen LogP contribution is -2.18. The van der Waals surface area contributed by atoms with Gasteiger partial charge in [-0.05, 0) is 74.5 Å². The van der Waals surface area contributed by atoms with E-state index < -0.39 is 11.7 Å². The van der Waals surface area contributed by atoms with Gasteiger partial charge in [0.05, 0.1) is 11.3 Å². The Kier molecular flexibility index (Phi) is 6.14. The molecule has 1 aromatic heterocycles. The maximum Gasteiger partial charge on any atom is 0.257 e. The predicted molar refractivity (Wildman–Crippen MR) is 128 cm³/mol. The number of carbonyl (C=O) groups excluding carboxylic acids is 2. The first kappa shape index (κ1) is 21.5. The van der Waals surface area contributed by atoms with Gasteiger partial charge in [-0.25, -0.2) is 4.39 Å². The first-order valence-electron chi connectivity index (χ1n) is 10.1. The molecule has 3 aromatic carbocycles. The van der Waals surface area contributed by atoms with Gasteiger partial charge in [0.1, 0.15) is 5.82 Å². The van der Waals surface area contributed by atoms with Crippen molar-refractivity contribution < 1.29 is 14.0 Å². The van der Waals surface area contributed by atoms with Crippen molar-refractivity contribution in [3.8, 4) is 10.4 Å². The second-order valence-electron chi connectivity index (χ2n) is 7.42. The van der Waals surface area contributed by atoms with Crippen molar-refractivity contribution in [2.45, 2.75) is 13.8 Å². The number of carbonyl (C=O) groups is 2. The third-order valence-electron chi connectivity index (χ3n) is 4.96. The third kappa shape index (κ3) is 4.76. The minimum Gasteiger partial charge on any atom is -0.321 e. The smallest absolute Gasteiger partial charge is 0.257 e. The number of amides is 2. The summed E-state index contributed by atoms with van der Waals surface area (Å²) in [5.41, 5.74) is 3.75. The summed E-state index contributed by atoms with van der Waals surface area (Å²) in [5, 5.41) is 5.74. The molecule has 1 heterocycles. The molecule has 0 bridgehead atoms. The van der Waals surface area contributed by atoms with E-state index in [0.29, 0.717) is 22.5 Å². The summed E-state index contributed by atoms with van der Waals surface area (Å²) in [7, 11) is 0. The van der Waals surface area contributed by atoms with E-state index in [1.807, 2.05) is 44.2 Å². The van der Waals surface area contributed by atoms with Crippen molar-refractivity contribution in [1.29, 1.82) is 0 Å². The van der Waals surface area contributed by atoms with Gasteiger partial charge in [-0.2, -0.15) is 0 Å². The fourth-order valence-electron chi connectivity index (χ4n) is 3.33. The van der Waals surface area contributed by atoms with Crippen LogP contribution in [-0.2, 0) is 0 Å². The van der Waals surface area contributed by atoms with Crippen LogP contribution in [0.1, 0.15) is 31.2 Å². The van der Waals surface area contributed by atoms with Crippen molar-refractivity contribution >= 4 is 34.5 Å². The van der Waals surface area contributed by atoms with Crippen LogP contribution in [0.25, 0.3) is 10.4 Å². The van der Waals surface area contributed by atoms with E-state index in [9.17, 15) is 14.0 Å². The highest BCUT2D eigenvalue weighted by molar-refractivity contribution is 7.15. The van der Waals surface area contributed by atoms with Gasteiger partial charge >= 0.3 is 0 Å². The number of aryl methyl sites for hydroxylation is 2. The molecule has 160 valence electrons. The van der Waals surface area contributed by atoms with Gasteiger partial charge in [-0.15, -0.1) is 11.3 Å². The van der Waals surface area contributed by atoms with Crippen molar-refractivity contribution in [2.75, 3.05) is 10.6 Å². The fraction of sp³-hybridized carbons (Fsp3) is 0.0769. The van der Waals surface area contributed by atoms with E-state index in [-0.39, 0.29) is 5.91 Å². The van der Waals surface area contributed by atoms with Crippen LogP contribution in [0.2, 0.25) is 0 Å². The Hall–Kier alpha value is -3.77. The lowest BCUT2D eigenvalue weighted by atomic mass is 10.1. The lowest BCUT2D eigenvalue weighted by molar-refractivity contribution is 0.102. The Morgan fingerprint density at radius 2 is 1.50 bits per heavy atom. The summed E-state index contributed by atoms with van der Waals surface area (Å²) >= 11 is 1.66. The fourth-order valence-corrected chi connectivity index (χ4v) is 4.22. The summed E-state index contributed by atoms with van der Waals surface area (Å²) in [4.78, 5) is 28.0. The van der Waals surface area contributed by atoms with Crippen LogP contribution in [0.5, 0.6) is 0 Å². The number of nitrogens with one attached hydrogen (secondary N) is 2. The van der Waals surface area contributed by atoms with Crippen LogP contribution >= 0.6 is 11.3 Å². The lowest BCUT2D eigenvalue weighted by Gasteiger charge is -2.14. The van der Waals surface area contributed by atoms with E-state index in [1.54, 1.807) is 35.6 Å². The number of hydrogen-bond acceptors (Lipinski definition) is 3. The van der Waals surface area contributed by atoms with Crippen molar-refractivity contribution in [3.05, 3.63) is 106 Å². The molecule has 4 rings (SSSR count). The zero-order valence-electron chi connectivity index (χ0n) is 17.6. The normalized spacial score (nSPS) is 10.6. The molecule has 4 nitrogen and oxygen atoms in total. The minimum absolute atomic E-state index is 0.301. The molecule has 0 saturated carbocycles. The molecule has 4 aromatic rings. The number of halogens is 1. The molecule has 0 aliphatic heterocycles. The Morgan fingerprint density at radius 1 is 0.781 bits per heavy atom. The maximum absolute atomic E-state index is 13.2. The molecule has 6 heteroatoms. The molecule has 2 amide bonds. The first-order chi connectivity index (χ1) is 15.4. The van der Waals surface area contributed by atoms with E-state index in [2.05, 4.69) is 10.6 Å². The van der Waals surface area contributed by atoms with Gasteiger partial charge in [0, 0.05) is 26.6 Å². The monoisotopic (exact) mass is 444 g/mol. The number of para-hydroxylation sites is 1. The highest BCUT2D eigenvalue weighted by Crippen LogP contribution is 2.34. The molecule has 0 saturated heterocycles. The van der Waals surface area contributed by atoms with E-state index in [1.165, 1.54) is 29.1 Å². The minimum atomic E-state index is -0.421. The highest BCUT2D eigenvalue weighted by atomic mass is 32.1. The molecular formula is C26H21FN2O2S. The average molecular weight is 445 g/mol. The van der Waals surface area contributed by atoms with E-state index >= 15 is 0 Å². The van der Waals surface area contributed by atoms with E-state index in [0.717, 1.165) is 16.0 Å². The van der Waals surface area contributed by atoms with Crippen LogP contribution < -0.4 is 10.6 Å². The predicted octanol–water partition coefficient (Wildman–Crippen LogP) is 6.68. The molecule has 0 atom stereocenters. The van der Waals surface area contributed by atoms with Gasteiger partial charge in [-0.3, -0.25) is 9.59 Å². The zero-order chi connectivity index (χ0) is 22.7. The van der Waals surface area contributed by atoms with Gasteiger partial charge in [-0.1, -0.05) is 23.8 Å². The van der Waals surface area contributed by atoms with Gasteiger partial charge in [0.25, 0.3) is 11.8 Å². The van der Waals surface area contributed by atoms with Crippen LogP contribution in [-0.4, -0.2) is 11.8 Å². The van der Waals surface area contributed by atoms with Crippen LogP contribution in [0.4, 0.5) is 15.8 Å². The van der Waals surface area contributed by atoms with Crippen molar-refractivity contribution in [3.63, 3.8) is 0 Å². The number of hydrogen-bond donors (Lipinski definition) is 2. The number of thiophene rings is 1. The molecule has 32 heavy (non-hydrogen) atoms. The standard InChI is InChI=1S/C26H21FN2O2S/c1-16-7-13-23(21(15-16)24-14-8-17(2)32-24)29-26(31)20-5-3-4-6-22(20)28-25(30)18-9-11-19(27)12-10-18/h3-15H,1-2H3,(H,28,30)(H,29,31). The van der Waals surface area contributed by atoms with E-state index in [4.69, 9.17) is 0 Å². The van der Waals surface area contributed by atoms with Gasteiger partial charge in [0.2, 0.25) is 0 Å². The number of anilines is 2. The molecule has 0 spiro atoms. The Labute approximate surface area is 189 Å².